The largest absolute Gasteiger partial charge is 0.329 e. The summed E-state index contributed by atoms with van der Waals surface area (Å²) in [7, 11) is 0. The Hall–Kier alpha value is -3.19. The monoisotopic (exact) mass is 357 g/mol. The van der Waals surface area contributed by atoms with Crippen molar-refractivity contribution in [3.63, 3.8) is 0 Å². The maximum atomic E-state index is 12.4. The molecule has 25 heavy (non-hydrogen) atoms. The Morgan fingerprint density at radius 3 is 2.56 bits per heavy atom. The Morgan fingerprint density at radius 1 is 1.16 bits per heavy atom. The van der Waals surface area contributed by atoms with Crippen molar-refractivity contribution in [3.8, 4) is 0 Å². The molecular formula is C17H12ClN3O4. The van der Waals surface area contributed by atoms with Crippen molar-refractivity contribution >= 4 is 35.3 Å². The summed E-state index contributed by atoms with van der Waals surface area (Å²) in [4.78, 5) is 35.9. The van der Waals surface area contributed by atoms with Crippen molar-refractivity contribution in [2.24, 2.45) is 0 Å². The number of urea groups is 1. The van der Waals surface area contributed by atoms with Gasteiger partial charge in [-0.3, -0.25) is 19.8 Å². The van der Waals surface area contributed by atoms with E-state index in [0.29, 0.717) is 5.56 Å². The Balaban J connectivity index is 1.85. The summed E-state index contributed by atoms with van der Waals surface area (Å²) in [6, 6.07) is 12.7. The highest BCUT2D eigenvalue weighted by Gasteiger charge is 2.33. The highest BCUT2D eigenvalue weighted by Crippen LogP contribution is 2.26. The van der Waals surface area contributed by atoms with Crippen LogP contribution in [0.5, 0.6) is 0 Å². The lowest BCUT2D eigenvalue weighted by Gasteiger charge is -2.11. The quantitative estimate of drug-likeness (QED) is 0.393. The van der Waals surface area contributed by atoms with Gasteiger partial charge in [-0.2, -0.15) is 0 Å². The van der Waals surface area contributed by atoms with Gasteiger partial charge in [0.15, 0.2) is 0 Å². The van der Waals surface area contributed by atoms with Crippen molar-refractivity contribution in [3.05, 3.63) is 80.5 Å². The van der Waals surface area contributed by atoms with Gasteiger partial charge < -0.3 is 5.32 Å². The first-order valence-corrected chi connectivity index (χ1v) is 7.66. The first-order chi connectivity index (χ1) is 12.0. The second-order valence-electron chi connectivity index (χ2n) is 5.33. The molecule has 0 unspecified atom stereocenters. The lowest BCUT2D eigenvalue weighted by molar-refractivity contribution is -0.384. The van der Waals surface area contributed by atoms with Crippen LogP contribution in [0.3, 0.4) is 0 Å². The van der Waals surface area contributed by atoms with Gasteiger partial charge in [0.2, 0.25) is 0 Å². The van der Waals surface area contributed by atoms with Crippen LogP contribution < -0.4 is 5.32 Å². The highest BCUT2D eigenvalue weighted by molar-refractivity contribution is 6.32. The molecular weight excluding hydrogens is 346 g/mol. The second kappa shape index (κ2) is 6.74. The van der Waals surface area contributed by atoms with Crippen LogP contribution in [0.15, 0.2) is 54.2 Å². The van der Waals surface area contributed by atoms with Crippen LogP contribution in [-0.4, -0.2) is 21.8 Å². The SMILES string of the molecule is O=C1N/C(=C\c2ccc(Cl)c([N+](=O)[O-])c2)C(=O)N1Cc1ccccc1. The van der Waals surface area contributed by atoms with E-state index in [-0.39, 0.29) is 23.0 Å². The molecule has 0 radical (unpaired) electrons. The Kier molecular flexibility index (Phi) is 4.49. The van der Waals surface area contributed by atoms with E-state index < -0.39 is 16.9 Å². The molecule has 0 spiro atoms. The Morgan fingerprint density at radius 2 is 1.88 bits per heavy atom. The molecule has 7 nitrogen and oxygen atoms in total. The van der Waals surface area contributed by atoms with Gasteiger partial charge in [0.25, 0.3) is 11.6 Å². The lowest BCUT2D eigenvalue weighted by Crippen LogP contribution is -2.30. The van der Waals surface area contributed by atoms with E-state index in [1.54, 1.807) is 0 Å². The third-order valence-electron chi connectivity index (χ3n) is 3.62. The predicted molar refractivity (Wildman–Crippen MR) is 91.6 cm³/mol. The van der Waals surface area contributed by atoms with Crippen molar-refractivity contribution in [2.75, 3.05) is 0 Å². The number of carbonyl (C=O) groups is 2. The minimum Gasteiger partial charge on any atom is -0.303 e. The topological polar surface area (TPSA) is 92.5 Å². The number of halogens is 1. The fraction of sp³-hybridized carbons (Fsp3) is 0.0588. The van der Waals surface area contributed by atoms with E-state index in [4.69, 9.17) is 11.6 Å². The summed E-state index contributed by atoms with van der Waals surface area (Å²) in [5.74, 6) is -0.494. The number of imide groups is 1. The fourth-order valence-electron chi connectivity index (χ4n) is 2.41. The molecule has 0 saturated carbocycles. The number of carbonyl (C=O) groups excluding carboxylic acids is 2. The van der Waals surface area contributed by atoms with Gasteiger partial charge >= 0.3 is 6.03 Å². The van der Waals surface area contributed by atoms with Gasteiger partial charge in [0.05, 0.1) is 11.5 Å². The van der Waals surface area contributed by atoms with Crippen molar-refractivity contribution in [2.45, 2.75) is 6.54 Å². The third kappa shape index (κ3) is 3.51. The summed E-state index contributed by atoms with van der Waals surface area (Å²) in [5, 5.41) is 13.4. The minimum atomic E-state index is -0.610. The zero-order valence-electron chi connectivity index (χ0n) is 12.8. The molecule has 0 aromatic heterocycles. The standard InChI is InChI=1S/C17H12ClN3O4/c18-13-7-6-12(9-15(13)21(24)25)8-14-16(22)20(17(23)19-14)10-11-4-2-1-3-5-11/h1-9H,10H2,(H,19,23)/b14-8-. The van der Waals surface area contributed by atoms with Crippen LogP contribution in [0, 0.1) is 10.1 Å². The average Bonchev–Trinajstić information content (AvgIpc) is 2.85. The van der Waals surface area contributed by atoms with E-state index >= 15 is 0 Å². The molecule has 8 heteroatoms. The number of nitro benzene ring substituents is 1. The summed E-state index contributed by atoms with van der Waals surface area (Å²) in [6.45, 7) is 0.142. The maximum absolute atomic E-state index is 12.4. The average molecular weight is 358 g/mol. The van der Waals surface area contributed by atoms with Crippen molar-refractivity contribution < 1.29 is 14.5 Å². The number of amides is 3. The highest BCUT2D eigenvalue weighted by atomic mass is 35.5. The molecule has 2 aromatic carbocycles. The molecule has 0 aliphatic carbocycles. The molecule has 3 rings (SSSR count). The van der Waals surface area contributed by atoms with Crippen LogP contribution in [-0.2, 0) is 11.3 Å². The molecule has 126 valence electrons. The third-order valence-corrected chi connectivity index (χ3v) is 3.94. The first-order valence-electron chi connectivity index (χ1n) is 7.28. The molecule has 0 atom stereocenters. The maximum Gasteiger partial charge on any atom is 0.329 e. The van der Waals surface area contributed by atoms with Crippen molar-refractivity contribution in [1.82, 2.24) is 10.2 Å². The van der Waals surface area contributed by atoms with Gasteiger partial charge in [0.1, 0.15) is 10.7 Å². The van der Waals surface area contributed by atoms with E-state index in [1.807, 2.05) is 30.3 Å². The van der Waals surface area contributed by atoms with E-state index in [1.165, 1.54) is 24.3 Å². The predicted octanol–water partition coefficient (Wildman–Crippen LogP) is 3.34. The van der Waals surface area contributed by atoms with Gasteiger partial charge in [0, 0.05) is 6.07 Å². The molecule has 0 bridgehead atoms. The second-order valence-corrected chi connectivity index (χ2v) is 5.74. The van der Waals surface area contributed by atoms with Crippen molar-refractivity contribution in [1.29, 1.82) is 0 Å². The zero-order valence-corrected chi connectivity index (χ0v) is 13.6. The van der Waals surface area contributed by atoms with Crippen LogP contribution in [0.25, 0.3) is 6.08 Å². The molecule has 1 aliphatic heterocycles. The van der Waals surface area contributed by atoms with Crippen LogP contribution in [0.4, 0.5) is 10.5 Å². The molecule has 2 aromatic rings. The van der Waals surface area contributed by atoms with Gasteiger partial charge in [-0.05, 0) is 23.3 Å². The molecule has 1 saturated heterocycles. The Labute approximate surface area is 147 Å². The number of nitrogens with one attached hydrogen (secondary N) is 1. The van der Waals surface area contributed by atoms with Gasteiger partial charge in [-0.25, -0.2) is 4.79 Å². The molecule has 3 amide bonds. The molecule has 1 aliphatic rings. The number of hydrogen-bond donors (Lipinski definition) is 1. The summed E-state index contributed by atoms with van der Waals surface area (Å²) in [5.41, 5.74) is 0.988. The molecule has 1 heterocycles. The van der Waals surface area contributed by atoms with E-state index in [2.05, 4.69) is 5.32 Å². The fourth-order valence-corrected chi connectivity index (χ4v) is 2.59. The minimum absolute atomic E-state index is 0.000335. The number of rotatable bonds is 4. The van der Waals surface area contributed by atoms with Crippen LogP contribution >= 0.6 is 11.6 Å². The smallest absolute Gasteiger partial charge is 0.303 e. The Bertz CT molecular complexity index is 896. The van der Waals surface area contributed by atoms with Gasteiger partial charge in [-0.15, -0.1) is 0 Å². The molecule has 1 fully saturated rings. The zero-order chi connectivity index (χ0) is 18.0. The van der Waals surface area contributed by atoms with E-state index in [9.17, 15) is 19.7 Å². The lowest BCUT2D eigenvalue weighted by atomic mass is 10.1. The van der Waals surface area contributed by atoms with Crippen LogP contribution in [0.2, 0.25) is 5.02 Å². The number of hydrogen-bond acceptors (Lipinski definition) is 4. The normalized spacial score (nSPS) is 15.6. The first kappa shape index (κ1) is 16.7. The number of benzene rings is 2. The number of nitrogens with zero attached hydrogens (tertiary/aromatic N) is 2. The van der Waals surface area contributed by atoms with Crippen LogP contribution in [0.1, 0.15) is 11.1 Å². The number of nitro groups is 1. The van der Waals surface area contributed by atoms with E-state index in [0.717, 1.165) is 10.5 Å². The molecule has 1 N–H and O–H groups in total. The summed E-state index contributed by atoms with van der Waals surface area (Å²) in [6.07, 6.45) is 1.38. The summed E-state index contributed by atoms with van der Waals surface area (Å²) >= 11 is 5.77. The summed E-state index contributed by atoms with van der Waals surface area (Å²) < 4.78 is 0. The van der Waals surface area contributed by atoms with Gasteiger partial charge in [-0.1, -0.05) is 48.0 Å².